The number of nitrogens with one attached hydrogen (secondary N) is 1. The van der Waals surface area contributed by atoms with Crippen molar-refractivity contribution in [2.24, 2.45) is 0 Å². The molecule has 1 aromatic rings. The topological polar surface area (TPSA) is 69.6 Å². The summed E-state index contributed by atoms with van der Waals surface area (Å²) < 4.78 is 1.06. The fraction of sp³-hybridized carbons (Fsp3) is 0.538. The first-order valence-corrected chi connectivity index (χ1v) is 7.93. The van der Waals surface area contributed by atoms with E-state index in [9.17, 15) is 14.7 Å². The highest BCUT2D eigenvalue weighted by Crippen LogP contribution is 2.22. The lowest BCUT2D eigenvalue weighted by molar-refractivity contribution is -0.147. The first-order chi connectivity index (χ1) is 9.28. The van der Waals surface area contributed by atoms with E-state index in [4.69, 9.17) is 0 Å². The van der Waals surface area contributed by atoms with Gasteiger partial charge in [0.25, 0.3) is 0 Å². The Morgan fingerprint density at radius 2 is 2.10 bits per heavy atom. The molecule has 0 saturated carbocycles. The summed E-state index contributed by atoms with van der Waals surface area (Å²) in [6, 6.07) is 3.61. The van der Waals surface area contributed by atoms with E-state index in [1.807, 2.05) is 12.1 Å². The largest absolute Gasteiger partial charge is 0.480 e. The van der Waals surface area contributed by atoms with Crippen LogP contribution in [-0.2, 0) is 11.2 Å². The highest BCUT2D eigenvalue weighted by Gasteiger charge is 2.36. The monoisotopic (exact) mass is 362 g/mol. The smallest absolute Gasteiger partial charge is 0.329 e. The molecule has 0 atom stereocenters. The van der Waals surface area contributed by atoms with Gasteiger partial charge in [0.2, 0.25) is 0 Å². The van der Waals surface area contributed by atoms with Crippen molar-refractivity contribution in [1.82, 2.24) is 10.2 Å². The predicted octanol–water partition coefficient (Wildman–Crippen LogP) is 2.95. The molecule has 0 saturated heterocycles. The summed E-state index contributed by atoms with van der Waals surface area (Å²) >= 11 is 5.01. The summed E-state index contributed by atoms with van der Waals surface area (Å²) in [7, 11) is 0. The third-order valence-electron chi connectivity index (χ3n) is 3.04. The van der Waals surface area contributed by atoms with Crippen LogP contribution in [0.4, 0.5) is 4.79 Å². The van der Waals surface area contributed by atoms with E-state index in [0.29, 0.717) is 13.1 Å². The van der Waals surface area contributed by atoms with Crippen molar-refractivity contribution in [2.75, 3.05) is 13.1 Å². The lowest BCUT2D eigenvalue weighted by Gasteiger charge is -2.34. The second-order valence-electron chi connectivity index (χ2n) is 4.80. The number of aliphatic carboxylic acids is 1. The van der Waals surface area contributed by atoms with Crippen molar-refractivity contribution in [2.45, 2.75) is 32.7 Å². The molecule has 1 aromatic heterocycles. The van der Waals surface area contributed by atoms with Crippen LogP contribution in [0.1, 0.15) is 25.6 Å². The molecule has 1 rings (SSSR count). The Morgan fingerprint density at radius 1 is 1.45 bits per heavy atom. The predicted molar refractivity (Wildman–Crippen MR) is 83.2 cm³/mol. The van der Waals surface area contributed by atoms with E-state index in [1.165, 1.54) is 18.7 Å². The van der Waals surface area contributed by atoms with Crippen molar-refractivity contribution in [3.05, 3.63) is 20.8 Å². The third-order valence-corrected chi connectivity index (χ3v) is 4.72. The number of hydrogen-bond donors (Lipinski definition) is 2. The van der Waals surface area contributed by atoms with Gasteiger partial charge in [-0.3, -0.25) is 0 Å². The van der Waals surface area contributed by atoms with Crippen molar-refractivity contribution in [3.8, 4) is 0 Å². The van der Waals surface area contributed by atoms with Gasteiger partial charge in [-0.15, -0.1) is 11.3 Å². The van der Waals surface area contributed by atoms with Crippen LogP contribution >= 0.6 is 27.3 Å². The van der Waals surface area contributed by atoms with Gasteiger partial charge in [-0.05, 0) is 55.3 Å². The number of nitrogens with zero attached hydrogens (tertiary/aromatic N) is 1. The average Bonchev–Trinajstić information content (AvgIpc) is 2.75. The van der Waals surface area contributed by atoms with Crippen LogP contribution in [0.3, 0.4) is 0 Å². The third kappa shape index (κ3) is 4.21. The molecule has 0 bridgehead atoms. The Hall–Kier alpha value is -1.08. The molecule has 0 radical (unpaired) electrons. The van der Waals surface area contributed by atoms with Crippen LogP contribution in [0.5, 0.6) is 0 Å². The maximum absolute atomic E-state index is 12.1. The second kappa shape index (κ2) is 7.08. The van der Waals surface area contributed by atoms with E-state index in [1.54, 1.807) is 18.3 Å². The lowest BCUT2D eigenvalue weighted by Crippen LogP contribution is -2.56. The number of thiophene rings is 1. The van der Waals surface area contributed by atoms with Crippen molar-refractivity contribution in [1.29, 1.82) is 0 Å². The van der Waals surface area contributed by atoms with Gasteiger partial charge in [0.05, 0.1) is 3.79 Å². The van der Waals surface area contributed by atoms with Gasteiger partial charge >= 0.3 is 12.0 Å². The van der Waals surface area contributed by atoms with Crippen LogP contribution in [-0.4, -0.2) is 40.6 Å². The zero-order chi connectivity index (χ0) is 15.3. The number of hydrogen-bond acceptors (Lipinski definition) is 3. The molecular formula is C13H19BrN2O3S. The molecule has 112 valence electrons. The first kappa shape index (κ1) is 17.0. The number of urea groups is 1. The molecule has 0 aromatic carbocycles. The van der Waals surface area contributed by atoms with Crippen molar-refractivity contribution < 1.29 is 14.7 Å². The Labute approximate surface area is 131 Å². The molecule has 0 aliphatic rings. The number of carboxylic acids is 1. The number of rotatable bonds is 6. The number of halogens is 1. The van der Waals surface area contributed by atoms with Crippen molar-refractivity contribution >= 4 is 39.3 Å². The fourth-order valence-corrected chi connectivity index (χ4v) is 3.27. The SMILES string of the molecule is CCN(C(=O)NCCc1ccc(Br)s1)C(C)(C)C(=O)O. The molecule has 0 fully saturated rings. The zero-order valence-corrected chi connectivity index (χ0v) is 14.2. The maximum Gasteiger partial charge on any atom is 0.329 e. The van der Waals surface area contributed by atoms with Gasteiger partial charge in [0, 0.05) is 18.0 Å². The molecule has 0 aliphatic heterocycles. The molecule has 2 N–H and O–H groups in total. The highest BCUT2D eigenvalue weighted by molar-refractivity contribution is 9.11. The number of carbonyl (C=O) groups excluding carboxylic acids is 1. The van der Waals surface area contributed by atoms with Crippen LogP contribution in [0.25, 0.3) is 0 Å². The lowest BCUT2D eigenvalue weighted by atomic mass is 10.0. The molecule has 1 heterocycles. The molecule has 5 nitrogen and oxygen atoms in total. The van der Waals surface area contributed by atoms with Crippen LogP contribution in [0, 0.1) is 0 Å². The minimum Gasteiger partial charge on any atom is -0.480 e. The van der Waals surface area contributed by atoms with Crippen LogP contribution < -0.4 is 5.32 Å². The van der Waals surface area contributed by atoms with Gasteiger partial charge in [-0.1, -0.05) is 0 Å². The first-order valence-electron chi connectivity index (χ1n) is 6.32. The molecule has 0 aliphatic carbocycles. The van der Waals surface area contributed by atoms with Gasteiger partial charge in [0.15, 0.2) is 0 Å². The Bertz CT molecular complexity index is 488. The number of likely N-dealkylation sites (N-methyl/N-ethyl adjacent to an activating group) is 1. The van der Waals surface area contributed by atoms with E-state index < -0.39 is 11.5 Å². The standard InChI is InChI=1S/C13H19BrN2O3S/c1-4-16(13(2,3)11(17)18)12(19)15-8-7-9-5-6-10(14)20-9/h5-6H,4,7-8H2,1-3H3,(H,15,19)(H,17,18). The summed E-state index contributed by atoms with van der Waals surface area (Å²) in [5.41, 5.74) is -1.22. The number of carboxylic acid groups (broad SMARTS) is 1. The number of carbonyl (C=O) groups is 2. The molecular weight excluding hydrogens is 344 g/mol. The normalized spacial score (nSPS) is 11.2. The van der Waals surface area contributed by atoms with Crippen LogP contribution in [0.2, 0.25) is 0 Å². The Kier molecular flexibility index (Phi) is 6.01. The molecule has 20 heavy (non-hydrogen) atoms. The van der Waals surface area contributed by atoms with Gasteiger partial charge in [-0.2, -0.15) is 0 Å². The summed E-state index contributed by atoms with van der Waals surface area (Å²) in [6.07, 6.45) is 0.729. The van der Waals surface area contributed by atoms with Crippen molar-refractivity contribution in [3.63, 3.8) is 0 Å². The molecule has 2 amide bonds. The molecule has 0 spiro atoms. The molecule has 0 unspecified atom stereocenters. The second-order valence-corrected chi connectivity index (χ2v) is 7.34. The van der Waals surface area contributed by atoms with Gasteiger partial charge in [-0.25, -0.2) is 9.59 Å². The van der Waals surface area contributed by atoms with Gasteiger partial charge < -0.3 is 15.3 Å². The summed E-state index contributed by atoms with van der Waals surface area (Å²) in [6.45, 7) is 5.64. The zero-order valence-electron chi connectivity index (χ0n) is 11.8. The van der Waals surface area contributed by atoms with E-state index in [-0.39, 0.29) is 6.03 Å². The van der Waals surface area contributed by atoms with Crippen LogP contribution in [0.15, 0.2) is 15.9 Å². The minimum atomic E-state index is -1.22. The van der Waals surface area contributed by atoms with Gasteiger partial charge in [0.1, 0.15) is 5.54 Å². The summed E-state index contributed by atoms with van der Waals surface area (Å²) in [4.78, 5) is 25.7. The Morgan fingerprint density at radius 3 is 2.55 bits per heavy atom. The van der Waals surface area contributed by atoms with E-state index in [2.05, 4.69) is 21.2 Å². The molecule has 7 heteroatoms. The number of amides is 2. The quantitative estimate of drug-likeness (QED) is 0.817. The minimum absolute atomic E-state index is 0.343. The van der Waals surface area contributed by atoms with E-state index >= 15 is 0 Å². The summed E-state index contributed by atoms with van der Waals surface area (Å²) in [5, 5.41) is 11.9. The highest BCUT2D eigenvalue weighted by atomic mass is 79.9. The fourth-order valence-electron chi connectivity index (χ4n) is 1.78. The van der Waals surface area contributed by atoms with E-state index in [0.717, 1.165) is 15.1 Å². The maximum atomic E-state index is 12.1. The Balaban J connectivity index is 2.54. The summed E-state index contributed by atoms with van der Waals surface area (Å²) in [5.74, 6) is -1.02. The average molecular weight is 363 g/mol.